The fourth-order valence-corrected chi connectivity index (χ4v) is 3.59. The molecule has 0 aromatic rings. The van der Waals surface area contributed by atoms with Gasteiger partial charge in [0.05, 0.1) is 18.9 Å². The quantitative estimate of drug-likeness (QED) is 0.124. The van der Waals surface area contributed by atoms with Gasteiger partial charge in [0, 0.05) is 36.5 Å². The van der Waals surface area contributed by atoms with E-state index >= 15 is 0 Å². The first-order valence-corrected chi connectivity index (χ1v) is 12.4. The number of carbonyl (C=O) groups excluding carboxylic acids is 2. The van der Waals surface area contributed by atoms with Crippen LogP contribution in [0.4, 0.5) is 0 Å². The molecule has 0 unspecified atom stereocenters. The van der Waals surface area contributed by atoms with E-state index in [1.165, 1.54) is 18.0 Å². The Morgan fingerprint density at radius 2 is 1.87 bits per heavy atom. The van der Waals surface area contributed by atoms with Crippen LogP contribution < -0.4 is 5.73 Å². The molecule has 0 saturated carbocycles. The zero-order chi connectivity index (χ0) is 29.5. The number of nitrogens with zero attached hydrogens (tertiary/aromatic N) is 1. The largest absolute Gasteiger partial charge is 0.494 e. The van der Waals surface area contributed by atoms with E-state index in [0.717, 1.165) is 41.9 Å². The lowest BCUT2D eigenvalue weighted by Gasteiger charge is -2.28. The molecule has 0 aromatic carbocycles. The van der Waals surface area contributed by atoms with E-state index < -0.39 is 0 Å². The van der Waals surface area contributed by atoms with Gasteiger partial charge in [-0.1, -0.05) is 37.0 Å². The Balaban J connectivity index is 0. The number of fused-ring (bicyclic) bond motifs is 1. The maximum atomic E-state index is 13.0. The molecule has 1 heterocycles. The van der Waals surface area contributed by atoms with Crippen LogP contribution in [-0.4, -0.2) is 43.6 Å². The molecule has 38 heavy (non-hydrogen) atoms. The summed E-state index contributed by atoms with van der Waals surface area (Å²) >= 11 is 0. The lowest BCUT2D eigenvalue weighted by Crippen LogP contribution is -2.32. The highest BCUT2D eigenvalue weighted by molar-refractivity contribution is 5.84. The normalized spacial score (nSPS) is 14.5. The molecule has 1 aliphatic heterocycles. The van der Waals surface area contributed by atoms with Gasteiger partial charge in [0.2, 0.25) is 5.91 Å². The average molecular weight is 524 g/mol. The molecule has 7 nitrogen and oxygen atoms in total. The second-order valence-corrected chi connectivity index (χ2v) is 8.15. The van der Waals surface area contributed by atoms with E-state index in [1.54, 1.807) is 12.2 Å². The lowest BCUT2D eigenvalue weighted by molar-refractivity contribution is -0.129. The van der Waals surface area contributed by atoms with Gasteiger partial charge >= 0.3 is 0 Å². The fourth-order valence-electron chi connectivity index (χ4n) is 3.59. The zero-order valence-corrected chi connectivity index (χ0v) is 23.6. The van der Waals surface area contributed by atoms with Gasteiger partial charge in [-0.3, -0.25) is 4.79 Å². The van der Waals surface area contributed by atoms with E-state index in [9.17, 15) is 4.79 Å². The number of hydrogen-bond donors (Lipinski definition) is 2. The molecule has 1 amide bonds. The molecule has 1 fully saturated rings. The predicted molar refractivity (Wildman–Crippen MR) is 158 cm³/mol. The van der Waals surface area contributed by atoms with E-state index in [2.05, 4.69) is 45.9 Å². The van der Waals surface area contributed by atoms with E-state index in [4.69, 9.17) is 25.4 Å². The maximum Gasteiger partial charge on any atom is 0.227 e. The molecular formula is C31H45N3O4. The van der Waals surface area contributed by atoms with Crippen LogP contribution in [-0.2, 0) is 19.1 Å². The van der Waals surface area contributed by atoms with Crippen LogP contribution in [0.1, 0.15) is 59.8 Å². The molecule has 2 rings (SSSR count). The minimum atomic E-state index is 0.0724. The lowest BCUT2D eigenvalue weighted by atomic mass is 9.94. The minimum absolute atomic E-state index is 0.0724. The summed E-state index contributed by atoms with van der Waals surface area (Å²) in [5, 5.41) is 7.63. The number of nitrogens with two attached hydrogens (primary N) is 1. The van der Waals surface area contributed by atoms with Crippen LogP contribution >= 0.6 is 0 Å². The van der Waals surface area contributed by atoms with Crippen molar-refractivity contribution in [1.82, 2.24) is 4.90 Å². The van der Waals surface area contributed by atoms with Gasteiger partial charge < -0.3 is 30.3 Å². The Kier molecular flexibility index (Phi) is 21.1. The standard InChI is InChI=1S/C24H35N3O3.C4H6.C2H2.CH2O/c1-5-22(18(4)17(2)3)29-13-7-11-23(28)27-12-8-14-30-24-20(19(15-25)16-26)9-6-10-21(24)27;1-3-4-2;2*1-2/h5,10,15-16,25H,6-9,11-14,26H2,1-4H3;3-4H,1-2H2;1-2H;1H2/b19-16+,22-5+,25-15?;;;. The maximum absolute atomic E-state index is 13.0. The van der Waals surface area contributed by atoms with Crippen molar-refractivity contribution in [2.75, 3.05) is 19.8 Å². The van der Waals surface area contributed by atoms with Gasteiger partial charge in [-0.15, -0.1) is 12.8 Å². The Morgan fingerprint density at radius 3 is 2.37 bits per heavy atom. The number of ether oxygens (including phenoxy) is 2. The molecule has 1 aliphatic carbocycles. The van der Waals surface area contributed by atoms with Gasteiger partial charge in [0.1, 0.15) is 18.3 Å². The summed E-state index contributed by atoms with van der Waals surface area (Å²) in [6.45, 7) is 18.5. The average Bonchev–Trinajstić information content (AvgIpc) is 3.19. The SMILES string of the molecule is C#C.C/C=C(/OCCCC(=O)N1CCCOC2=C(/C(C=N)=C/N)CCC=C21)C(C)=C(C)C.C=CC=C.C=O. The number of carbonyl (C=O) groups is 2. The van der Waals surface area contributed by atoms with Crippen molar-refractivity contribution in [2.24, 2.45) is 5.73 Å². The van der Waals surface area contributed by atoms with Crippen LogP contribution in [0, 0.1) is 18.3 Å². The molecule has 0 bridgehead atoms. The van der Waals surface area contributed by atoms with Crippen molar-refractivity contribution in [2.45, 2.75) is 59.8 Å². The first-order chi connectivity index (χ1) is 18.4. The van der Waals surface area contributed by atoms with Crippen molar-refractivity contribution in [3.8, 4) is 12.8 Å². The molecule has 0 radical (unpaired) electrons. The number of rotatable bonds is 9. The second-order valence-electron chi connectivity index (χ2n) is 8.15. The Hall–Kier alpha value is -4.05. The van der Waals surface area contributed by atoms with Crippen molar-refractivity contribution >= 4 is 18.9 Å². The van der Waals surface area contributed by atoms with Crippen molar-refractivity contribution in [1.29, 1.82) is 5.41 Å². The third kappa shape index (κ3) is 11.8. The summed E-state index contributed by atoms with van der Waals surface area (Å²) in [5.74, 6) is 1.64. The van der Waals surface area contributed by atoms with E-state index in [1.807, 2.05) is 31.6 Å². The molecule has 0 atom stereocenters. The molecule has 2 aliphatic rings. The van der Waals surface area contributed by atoms with E-state index in [-0.39, 0.29) is 5.91 Å². The minimum Gasteiger partial charge on any atom is -0.494 e. The number of amides is 1. The Bertz CT molecular complexity index is 955. The summed E-state index contributed by atoms with van der Waals surface area (Å²) in [4.78, 5) is 22.9. The Labute approximate surface area is 229 Å². The summed E-state index contributed by atoms with van der Waals surface area (Å²) in [6, 6.07) is 0. The molecule has 3 N–H and O–H groups in total. The second kappa shape index (κ2) is 22.2. The summed E-state index contributed by atoms with van der Waals surface area (Å²) in [5.41, 5.74) is 10.4. The van der Waals surface area contributed by atoms with Crippen LogP contribution in [0.5, 0.6) is 0 Å². The number of nitrogens with one attached hydrogen (secondary N) is 1. The van der Waals surface area contributed by atoms with Gasteiger partial charge in [0.15, 0.2) is 0 Å². The third-order valence-electron chi connectivity index (χ3n) is 5.63. The summed E-state index contributed by atoms with van der Waals surface area (Å²) in [6.07, 6.45) is 21.4. The topological polar surface area (TPSA) is 106 Å². The Morgan fingerprint density at radius 1 is 1.24 bits per heavy atom. The van der Waals surface area contributed by atoms with Gasteiger partial charge in [-0.05, 0) is 65.0 Å². The highest BCUT2D eigenvalue weighted by atomic mass is 16.5. The van der Waals surface area contributed by atoms with Gasteiger partial charge in [-0.25, -0.2) is 0 Å². The van der Waals surface area contributed by atoms with Crippen LogP contribution in [0.15, 0.2) is 83.2 Å². The van der Waals surface area contributed by atoms with Crippen molar-refractivity contribution < 1.29 is 19.1 Å². The highest BCUT2D eigenvalue weighted by Gasteiger charge is 2.29. The van der Waals surface area contributed by atoms with Gasteiger partial charge in [-0.2, -0.15) is 0 Å². The van der Waals surface area contributed by atoms with E-state index in [0.29, 0.717) is 43.9 Å². The van der Waals surface area contributed by atoms with Gasteiger partial charge in [0.25, 0.3) is 0 Å². The smallest absolute Gasteiger partial charge is 0.227 e. The molecule has 7 heteroatoms. The monoisotopic (exact) mass is 523 g/mol. The number of hydrogen-bond acceptors (Lipinski definition) is 6. The highest BCUT2D eigenvalue weighted by Crippen LogP contribution is 2.34. The molecular weight excluding hydrogens is 478 g/mol. The third-order valence-corrected chi connectivity index (χ3v) is 5.63. The zero-order valence-electron chi connectivity index (χ0n) is 23.6. The fraction of sp³-hybridized carbons (Fsp3) is 0.387. The van der Waals surface area contributed by atoms with Crippen LogP contribution in [0.2, 0.25) is 0 Å². The molecule has 1 saturated heterocycles. The first kappa shape index (κ1) is 36.1. The van der Waals surface area contributed by atoms with Crippen LogP contribution in [0.3, 0.4) is 0 Å². The van der Waals surface area contributed by atoms with Crippen molar-refractivity contribution in [3.05, 3.63) is 83.2 Å². The predicted octanol–water partition coefficient (Wildman–Crippen LogP) is 6.14. The first-order valence-electron chi connectivity index (χ1n) is 12.4. The number of terminal acetylenes is 1. The summed E-state index contributed by atoms with van der Waals surface area (Å²) < 4.78 is 11.9. The summed E-state index contributed by atoms with van der Waals surface area (Å²) in [7, 11) is 0. The number of allylic oxidation sites excluding steroid dienone is 8. The molecule has 0 aromatic heterocycles. The van der Waals surface area contributed by atoms with Crippen molar-refractivity contribution in [3.63, 3.8) is 0 Å². The molecule has 0 spiro atoms. The molecule has 208 valence electrons. The van der Waals surface area contributed by atoms with Crippen LogP contribution in [0.25, 0.3) is 0 Å².